The number of hydrogen-bond donors (Lipinski definition) is 11. The SMILES string of the molecule is [NH3+]CC[C@H](O)C(=O)N[C@@H]1C[C@H]([NH3+])[C@@H](O[C@H]2O[C@H](C[NH3+])CC[C@H]2[NH3+])[C@H](O)[C@H]1O[C@H]1O[C@H](CO)[C@@H](O)[C@H]([NH3+])[C@H]1O. The summed E-state index contributed by atoms with van der Waals surface area (Å²) >= 11 is 0. The van der Waals surface area contributed by atoms with Gasteiger partial charge in [0, 0.05) is 19.3 Å². The number of carbonyl (C=O) groups is 1. The molecule has 3 aliphatic rings. The third-order valence-corrected chi connectivity index (χ3v) is 7.70. The second-order valence-electron chi connectivity index (χ2n) is 10.6. The zero-order valence-corrected chi connectivity index (χ0v) is 21.8. The van der Waals surface area contributed by atoms with Crippen LogP contribution in [0.3, 0.4) is 0 Å². The van der Waals surface area contributed by atoms with E-state index in [1.54, 1.807) is 0 Å². The van der Waals surface area contributed by atoms with Gasteiger partial charge in [0.1, 0.15) is 67.4 Å². The minimum Gasteiger partial charge on any atom is -0.394 e. The van der Waals surface area contributed by atoms with E-state index >= 15 is 0 Å². The highest BCUT2D eigenvalue weighted by Gasteiger charge is 2.53. The maximum Gasteiger partial charge on any atom is 0.249 e. The summed E-state index contributed by atoms with van der Waals surface area (Å²) in [6.45, 7) is 0.355. The van der Waals surface area contributed by atoms with Crippen LogP contribution in [0.2, 0.25) is 0 Å². The van der Waals surface area contributed by atoms with Crippen LogP contribution in [0.15, 0.2) is 0 Å². The van der Waals surface area contributed by atoms with Crippen LogP contribution in [0.25, 0.3) is 0 Å². The highest BCUT2D eigenvalue weighted by Crippen LogP contribution is 2.30. The van der Waals surface area contributed by atoms with Gasteiger partial charge in [-0.1, -0.05) is 0 Å². The third-order valence-electron chi connectivity index (χ3n) is 7.70. The molecule has 3 fully saturated rings. The number of hydrogen-bond acceptors (Lipinski definition) is 10. The second-order valence-corrected chi connectivity index (χ2v) is 10.6. The molecular weight excluding hydrogens is 508 g/mol. The van der Waals surface area contributed by atoms with Crippen LogP contribution in [0.5, 0.6) is 0 Å². The van der Waals surface area contributed by atoms with Gasteiger partial charge in [0.2, 0.25) is 12.2 Å². The highest BCUT2D eigenvalue weighted by atomic mass is 16.7. The molecule has 0 radical (unpaired) electrons. The molecular formula is C22H49N6O10+5. The first kappa shape index (κ1) is 31.4. The molecule has 2 saturated heterocycles. The summed E-state index contributed by atoms with van der Waals surface area (Å²) in [5.74, 6) is -0.665. The van der Waals surface area contributed by atoms with Crippen LogP contribution >= 0.6 is 0 Å². The van der Waals surface area contributed by atoms with Crippen molar-refractivity contribution >= 4 is 5.91 Å². The van der Waals surface area contributed by atoms with Crippen LogP contribution in [-0.4, -0.2) is 137 Å². The summed E-state index contributed by atoms with van der Waals surface area (Å²) in [6.07, 6.45) is -8.72. The van der Waals surface area contributed by atoms with Gasteiger partial charge in [-0.3, -0.25) is 4.79 Å². The van der Waals surface area contributed by atoms with Gasteiger partial charge in [0.25, 0.3) is 0 Å². The van der Waals surface area contributed by atoms with Gasteiger partial charge >= 0.3 is 0 Å². The molecule has 0 aromatic rings. The number of carbonyl (C=O) groups excluding carboxylic acids is 1. The molecule has 0 unspecified atom stereocenters. The summed E-state index contributed by atoms with van der Waals surface area (Å²) in [5.41, 5.74) is 19.5. The Bertz CT molecular complexity index is 755. The lowest BCUT2D eigenvalue weighted by atomic mass is 9.83. The quantitative estimate of drug-likeness (QED) is 0.120. The fourth-order valence-electron chi connectivity index (χ4n) is 5.26. The zero-order valence-electron chi connectivity index (χ0n) is 21.8. The molecule has 1 saturated carbocycles. The molecule has 14 atom stereocenters. The first-order valence-electron chi connectivity index (χ1n) is 13.3. The Morgan fingerprint density at radius 1 is 0.947 bits per heavy atom. The molecule has 0 aromatic carbocycles. The Labute approximate surface area is 220 Å². The van der Waals surface area contributed by atoms with Gasteiger partial charge in [-0.2, -0.15) is 0 Å². The van der Waals surface area contributed by atoms with Crippen molar-refractivity contribution in [3.63, 3.8) is 0 Å². The van der Waals surface area contributed by atoms with E-state index < -0.39 is 85.9 Å². The molecule has 16 nitrogen and oxygen atoms in total. The topological polar surface area (TPSA) is 305 Å². The van der Waals surface area contributed by atoms with Crippen LogP contribution in [0, 0.1) is 0 Å². The van der Waals surface area contributed by atoms with Crippen molar-refractivity contribution in [2.45, 2.75) is 111 Å². The van der Waals surface area contributed by atoms with Gasteiger partial charge < -0.3 is 78.5 Å². The predicted octanol–water partition coefficient (Wildman–Crippen LogP) is -9.98. The van der Waals surface area contributed by atoms with Crippen molar-refractivity contribution in [1.29, 1.82) is 0 Å². The van der Waals surface area contributed by atoms with Crippen molar-refractivity contribution < 1.29 is 77.9 Å². The van der Waals surface area contributed by atoms with Crippen molar-refractivity contribution in [2.24, 2.45) is 0 Å². The zero-order chi connectivity index (χ0) is 28.1. The number of nitrogens with one attached hydrogen (secondary N) is 1. The molecule has 2 aliphatic heterocycles. The normalized spacial score (nSPS) is 44.9. The smallest absolute Gasteiger partial charge is 0.249 e. The van der Waals surface area contributed by atoms with E-state index in [2.05, 4.69) is 34.0 Å². The number of aliphatic hydroxyl groups is 5. The standard InChI is InChI=1S/C22H44N6O10/c23-4-3-12(30)20(34)28-11-5-10(26)18(37-21-9(25)2-1-8(6-24)35-21)17(33)19(11)38-22-16(32)14(27)15(31)13(7-29)36-22/h8-19,21-22,29-33H,1-7,23-27H2,(H,28,34)/p+5/t8-,9+,10-,11+,12-,13+,14-,15+,16+,17-,18+,19-,21+,22+/m0/s1. The number of amides is 1. The molecule has 222 valence electrons. The number of quaternary nitrogens is 5. The summed E-state index contributed by atoms with van der Waals surface area (Å²) in [5, 5.41) is 54.9. The van der Waals surface area contributed by atoms with E-state index in [-0.39, 0.29) is 25.0 Å². The van der Waals surface area contributed by atoms with E-state index in [1.165, 1.54) is 0 Å². The van der Waals surface area contributed by atoms with Crippen molar-refractivity contribution in [3.8, 4) is 0 Å². The lowest BCUT2D eigenvalue weighted by Crippen LogP contribution is -2.80. The fourth-order valence-corrected chi connectivity index (χ4v) is 5.26. The maximum atomic E-state index is 12.7. The van der Waals surface area contributed by atoms with E-state index in [0.717, 1.165) is 12.8 Å². The lowest BCUT2D eigenvalue weighted by Gasteiger charge is -2.46. The highest BCUT2D eigenvalue weighted by molar-refractivity contribution is 5.80. The van der Waals surface area contributed by atoms with Crippen molar-refractivity contribution in [3.05, 3.63) is 0 Å². The first-order valence-corrected chi connectivity index (χ1v) is 13.3. The summed E-state index contributed by atoms with van der Waals surface area (Å²) in [6, 6.07) is -2.49. The van der Waals surface area contributed by atoms with Crippen molar-refractivity contribution in [2.75, 3.05) is 19.7 Å². The monoisotopic (exact) mass is 557 g/mol. The second kappa shape index (κ2) is 14.0. The number of ether oxygens (including phenoxy) is 4. The molecule has 0 spiro atoms. The molecule has 21 N–H and O–H groups in total. The fraction of sp³-hybridized carbons (Fsp3) is 0.955. The van der Waals surface area contributed by atoms with Crippen molar-refractivity contribution in [1.82, 2.24) is 5.32 Å². The first-order chi connectivity index (χ1) is 18.0. The molecule has 1 aliphatic carbocycles. The molecule has 0 aromatic heterocycles. The molecule has 3 rings (SSSR count). The van der Waals surface area contributed by atoms with Crippen LogP contribution in [0.4, 0.5) is 0 Å². The van der Waals surface area contributed by atoms with Gasteiger partial charge in [0.05, 0.1) is 19.2 Å². The third kappa shape index (κ3) is 7.15. The minimum atomic E-state index is -1.39. The summed E-state index contributed by atoms with van der Waals surface area (Å²) in [7, 11) is 0. The van der Waals surface area contributed by atoms with Gasteiger partial charge in [-0.05, 0) is 6.42 Å². The van der Waals surface area contributed by atoms with E-state index in [1.807, 2.05) is 0 Å². The number of rotatable bonds is 10. The maximum absolute atomic E-state index is 12.7. The molecule has 0 bridgehead atoms. The summed E-state index contributed by atoms with van der Waals surface area (Å²) < 4.78 is 23.8. The summed E-state index contributed by atoms with van der Waals surface area (Å²) in [4.78, 5) is 12.7. The Hall–Kier alpha value is -1.09. The Balaban J connectivity index is 1.82. The lowest BCUT2D eigenvalue weighted by molar-refractivity contribution is -0.508. The molecule has 1 amide bonds. The van der Waals surface area contributed by atoms with Gasteiger partial charge in [-0.15, -0.1) is 0 Å². The average molecular weight is 558 g/mol. The molecule has 2 heterocycles. The molecule has 38 heavy (non-hydrogen) atoms. The Kier molecular flexibility index (Phi) is 11.6. The average Bonchev–Trinajstić information content (AvgIpc) is 2.89. The largest absolute Gasteiger partial charge is 0.394 e. The predicted molar refractivity (Wildman–Crippen MR) is 124 cm³/mol. The van der Waals surface area contributed by atoms with E-state index in [9.17, 15) is 30.3 Å². The van der Waals surface area contributed by atoms with Crippen LogP contribution < -0.4 is 34.0 Å². The minimum absolute atomic E-state index is 0.0998. The number of aliphatic hydroxyl groups excluding tert-OH is 5. The van der Waals surface area contributed by atoms with Crippen LogP contribution in [-0.2, 0) is 23.7 Å². The van der Waals surface area contributed by atoms with Gasteiger partial charge in [-0.25, -0.2) is 0 Å². The van der Waals surface area contributed by atoms with E-state index in [0.29, 0.717) is 13.1 Å². The Morgan fingerprint density at radius 2 is 1.63 bits per heavy atom. The van der Waals surface area contributed by atoms with Crippen LogP contribution in [0.1, 0.15) is 25.7 Å². The van der Waals surface area contributed by atoms with E-state index in [4.69, 9.17) is 18.9 Å². The molecule has 16 heteroatoms. The Morgan fingerprint density at radius 3 is 2.26 bits per heavy atom. The van der Waals surface area contributed by atoms with Gasteiger partial charge in [0.15, 0.2) is 12.4 Å².